The highest BCUT2D eigenvalue weighted by molar-refractivity contribution is 5.78. The van der Waals surface area contributed by atoms with Crippen molar-refractivity contribution in [1.82, 2.24) is 5.32 Å². The maximum absolute atomic E-state index is 11.5. The summed E-state index contributed by atoms with van der Waals surface area (Å²) < 4.78 is 17.0. The molecular formula is C21H24N2O4. The third-order valence-electron chi connectivity index (χ3n) is 3.79. The summed E-state index contributed by atoms with van der Waals surface area (Å²) in [7, 11) is 1.56. The van der Waals surface area contributed by atoms with Gasteiger partial charge in [0.15, 0.2) is 11.5 Å². The molecule has 0 spiro atoms. The predicted molar refractivity (Wildman–Crippen MR) is 102 cm³/mol. The van der Waals surface area contributed by atoms with E-state index in [1.807, 2.05) is 44.2 Å². The monoisotopic (exact) mass is 368 g/mol. The van der Waals surface area contributed by atoms with Gasteiger partial charge in [0.25, 0.3) is 0 Å². The third kappa shape index (κ3) is 6.23. The summed E-state index contributed by atoms with van der Waals surface area (Å²) in [5.41, 5.74) is 3.06. The number of hydrogen-bond donors (Lipinski definition) is 1. The minimum absolute atomic E-state index is 0.177. The molecule has 0 saturated carbocycles. The molecule has 1 amide bonds. The van der Waals surface area contributed by atoms with Crippen molar-refractivity contribution in [3.05, 3.63) is 53.1 Å². The van der Waals surface area contributed by atoms with Gasteiger partial charge in [-0.25, -0.2) is 0 Å². The molecule has 0 aliphatic carbocycles. The average Bonchev–Trinajstić information content (AvgIpc) is 2.63. The molecule has 142 valence electrons. The number of rotatable bonds is 9. The minimum atomic E-state index is -0.329. The van der Waals surface area contributed by atoms with E-state index < -0.39 is 0 Å². The second-order valence-corrected chi connectivity index (χ2v) is 6.08. The van der Waals surface area contributed by atoms with Crippen molar-refractivity contribution in [2.24, 2.45) is 0 Å². The Labute approximate surface area is 159 Å². The van der Waals surface area contributed by atoms with Crippen LogP contribution in [-0.4, -0.2) is 26.2 Å². The van der Waals surface area contributed by atoms with Crippen LogP contribution in [0.25, 0.3) is 0 Å². The molecule has 1 N–H and O–H groups in total. The number of hydrogen-bond acceptors (Lipinski definition) is 5. The van der Waals surface area contributed by atoms with Crippen LogP contribution < -0.4 is 19.5 Å². The van der Waals surface area contributed by atoms with E-state index in [0.717, 1.165) is 22.4 Å². The number of carbonyl (C=O) groups excluding carboxylic acids is 1. The van der Waals surface area contributed by atoms with Gasteiger partial charge in [-0.15, -0.1) is 0 Å². The number of nitriles is 1. The van der Waals surface area contributed by atoms with Crippen LogP contribution in [0.2, 0.25) is 0 Å². The Morgan fingerprint density at radius 2 is 1.81 bits per heavy atom. The van der Waals surface area contributed by atoms with Crippen molar-refractivity contribution in [2.75, 3.05) is 20.3 Å². The Morgan fingerprint density at radius 3 is 2.48 bits per heavy atom. The lowest BCUT2D eigenvalue weighted by Gasteiger charge is -2.16. The van der Waals surface area contributed by atoms with Crippen molar-refractivity contribution < 1.29 is 19.0 Å². The highest BCUT2D eigenvalue weighted by Crippen LogP contribution is 2.31. The van der Waals surface area contributed by atoms with E-state index in [-0.39, 0.29) is 18.9 Å². The van der Waals surface area contributed by atoms with Gasteiger partial charge in [0, 0.05) is 12.1 Å². The minimum Gasteiger partial charge on any atom is -0.493 e. The van der Waals surface area contributed by atoms with E-state index in [2.05, 4.69) is 11.4 Å². The Kier molecular flexibility index (Phi) is 7.50. The highest BCUT2D eigenvalue weighted by Gasteiger charge is 2.12. The van der Waals surface area contributed by atoms with Gasteiger partial charge < -0.3 is 19.5 Å². The molecule has 0 fully saturated rings. The summed E-state index contributed by atoms with van der Waals surface area (Å²) in [6.45, 7) is 5.01. The summed E-state index contributed by atoms with van der Waals surface area (Å²) in [5, 5.41) is 11.3. The van der Waals surface area contributed by atoms with E-state index in [4.69, 9.17) is 19.5 Å². The lowest BCUT2D eigenvalue weighted by molar-refractivity contribution is -0.120. The van der Waals surface area contributed by atoms with E-state index >= 15 is 0 Å². The quantitative estimate of drug-likeness (QED) is 0.687. The smallest absolute Gasteiger partial charge is 0.234 e. The van der Waals surface area contributed by atoms with E-state index in [1.54, 1.807) is 13.2 Å². The van der Waals surface area contributed by atoms with Gasteiger partial charge in [0.05, 0.1) is 13.2 Å². The molecule has 0 bridgehead atoms. The summed E-state index contributed by atoms with van der Waals surface area (Å²) in [5.74, 6) is 1.61. The van der Waals surface area contributed by atoms with Crippen LogP contribution >= 0.6 is 0 Å². The second kappa shape index (κ2) is 10.1. The standard InChI is InChI=1S/C21H24N2O4/c1-15-11-16(2)13-18(12-15)26-9-10-27-21-17(5-4-6-19(21)25-3)14-23-20(24)7-8-22/h4-6,11-13H,7,9-10,14H2,1-3H3,(H,23,24). The lowest BCUT2D eigenvalue weighted by Crippen LogP contribution is -2.22. The fourth-order valence-electron chi connectivity index (χ4n) is 2.67. The van der Waals surface area contributed by atoms with Crippen molar-refractivity contribution >= 4 is 5.91 Å². The van der Waals surface area contributed by atoms with Crippen molar-refractivity contribution in [3.63, 3.8) is 0 Å². The first-order chi connectivity index (χ1) is 13.0. The topological polar surface area (TPSA) is 80.6 Å². The van der Waals surface area contributed by atoms with Gasteiger partial charge in [-0.2, -0.15) is 5.26 Å². The first-order valence-electron chi connectivity index (χ1n) is 8.67. The molecule has 2 rings (SSSR count). The Balaban J connectivity index is 1.97. The van der Waals surface area contributed by atoms with Gasteiger partial charge in [0.2, 0.25) is 5.91 Å². The van der Waals surface area contributed by atoms with Gasteiger partial charge in [-0.05, 0) is 43.2 Å². The maximum Gasteiger partial charge on any atom is 0.234 e. The number of aryl methyl sites for hydroxylation is 2. The molecule has 0 unspecified atom stereocenters. The zero-order chi connectivity index (χ0) is 19.6. The van der Waals surface area contributed by atoms with Crippen LogP contribution in [-0.2, 0) is 11.3 Å². The number of nitrogens with zero attached hydrogens (tertiary/aromatic N) is 1. The first kappa shape index (κ1) is 20.1. The normalized spacial score (nSPS) is 10.0. The van der Waals surface area contributed by atoms with Crippen LogP contribution in [0.5, 0.6) is 17.2 Å². The molecule has 6 heteroatoms. The maximum atomic E-state index is 11.5. The lowest BCUT2D eigenvalue weighted by atomic mass is 10.1. The molecule has 0 atom stereocenters. The zero-order valence-corrected chi connectivity index (χ0v) is 15.9. The summed E-state index contributed by atoms with van der Waals surface area (Å²) in [6, 6.07) is 13.3. The van der Waals surface area contributed by atoms with Crippen LogP contribution in [0, 0.1) is 25.2 Å². The molecule has 0 heterocycles. The molecular weight excluding hydrogens is 344 g/mol. The molecule has 0 aliphatic heterocycles. The van der Waals surface area contributed by atoms with Gasteiger partial charge in [-0.3, -0.25) is 4.79 Å². The van der Waals surface area contributed by atoms with Crippen LogP contribution in [0.4, 0.5) is 0 Å². The first-order valence-corrected chi connectivity index (χ1v) is 8.67. The second-order valence-electron chi connectivity index (χ2n) is 6.08. The number of ether oxygens (including phenoxy) is 3. The van der Waals surface area contributed by atoms with Crippen LogP contribution in [0.15, 0.2) is 36.4 Å². The number of para-hydroxylation sites is 1. The number of methoxy groups -OCH3 is 1. The van der Waals surface area contributed by atoms with Gasteiger partial charge >= 0.3 is 0 Å². The molecule has 0 saturated heterocycles. The Bertz CT molecular complexity index is 807. The molecule has 0 aliphatic rings. The number of amides is 1. The van der Waals surface area contributed by atoms with Gasteiger partial charge in [0.1, 0.15) is 25.4 Å². The average molecular weight is 368 g/mol. The predicted octanol–water partition coefficient (Wildman–Crippen LogP) is 3.30. The summed E-state index contributed by atoms with van der Waals surface area (Å²) >= 11 is 0. The number of benzene rings is 2. The van der Waals surface area contributed by atoms with Crippen molar-refractivity contribution in [1.29, 1.82) is 5.26 Å². The third-order valence-corrected chi connectivity index (χ3v) is 3.79. The van der Waals surface area contributed by atoms with Crippen molar-refractivity contribution in [3.8, 4) is 23.3 Å². The zero-order valence-electron chi connectivity index (χ0n) is 15.9. The Hall–Kier alpha value is -3.20. The molecule has 0 aromatic heterocycles. The number of carbonyl (C=O) groups is 1. The largest absolute Gasteiger partial charge is 0.493 e. The molecule has 2 aromatic carbocycles. The van der Waals surface area contributed by atoms with Crippen molar-refractivity contribution in [2.45, 2.75) is 26.8 Å². The molecule has 2 aromatic rings. The fourth-order valence-corrected chi connectivity index (χ4v) is 2.67. The molecule has 0 radical (unpaired) electrons. The number of nitrogens with one attached hydrogen (secondary N) is 1. The SMILES string of the molecule is COc1cccc(CNC(=O)CC#N)c1OCCOc1cc(C)cc(C)c1. The summed E-state index contributed by atoms with van der Waals surface area (Å²) in [6.07, 6.45) is -0.177. The van der Waals surface area contributed by atoms with Crippen LogP contribution in [0.1, 0.15) is 23.1 Å². The van der Waals surface area contributed by atoms with E-state index in [9.17, 15) is 4.79 Å². The highest BCUT2D eigenvalue weighted by atomic mass is 16.5. The van der Waals surface area contributed by atoms with Crippen LogP contribution in [0.3, 0.4) is 0 Å². The van der Waals surface area contributed by atoms with E-state index in [1.165, 1.54) is 0 Å². The summed E-state index contributed by atoms with van der Waals surface area (Å²) in [4.78, 5) is 11.5. The molecule has 6 nitrogen and oxygen atoms in total. The molecule has 27 heavy (non-hydrogen) atoms. The fraction of sp³-hybridized carbons (Fsp3) is 0.333. The van der Waals surface area contributed by atoms with E-state index in [0.29, 0.717) is 24.7 Å². The van der Waals surface area contributed by atoms with Gasteiger partial charge in [-0.1, -0.05) is 18.2 Å². The Morgan fingerprint density at radius 1 is 1.11 bits per heavy atom.